The predicted molar refractivity (Wildman–Crippen MR) is 86.4 cm³/mol. The van der Waals surface area contributed by atoms with Crippen molar-refractivity contribution in [2.24, 2.45) is 0 Å². The minimum absolute atomic E-state index is 0.0571. The zero-order valence-electron chi connectivity index (χ0n) is 13.4. The van der Waals surface area contributed by atoms with Crippen LogP contribution in [0.25, 0.3) is 0 Å². The molecule has 2 rings (SSSR count). The van der Waals surface area contributed by atoms with E-state index in [1.165, 1.54) is 5.56 Å². The molecule has 0 saturated carbocycles. The Balaban J connectivity index is 1.84. The second-order valence-corrected chi connectivity index (χ2v) is 6.14. The maximum Gasteiger partial charge on any atom is 0.234 e. The summed E-state index contributed by atoms with van der Waals surface area (Å²) >= 11 is 0. The van der Waals surface area contributed by atoms with Gasteiger partial charge < -0.3 is 10.6 Å². The molecule has 116 valence electrons. The number of benzene rings is 1. The number of piperazine rings is 1. The highest BCUT2D eigenvalue weighted by Gasteiger charge is 2.15. The zero-order valence-corrected chi connectivity index (χ0v) is 13.4. The van der Waals surface area contributed by atoms with Crippen LogP contribution in [0.1, 0.15) is 43.9 Å². The zero-order chi connectivity index (χ0) is 15.2. The molecule has 0 aliphatic carbocycles. The van der Waals surface area contributed by atoms with Crippen molar-refractivity contribution in [2.45, 2.75) is 32.7 Å². The van der Waals surface area contributed by atoms with Crippen molar-refractivity contribution in [1.29, 1.82) is 0 Å². The van der Waals surface area contributed by atoms with E-state index in [9.17, 15) is 4.79 Å². The van der Waals surface area contributed by atoms with Crippen LogP contribution < -0.4 is 10.6 Å². The highest BCUT2D eigenvalue weighted by molar-refractivity contribution is 5.78. The van der Waals surface area contributed by atoms with E-state index in [1.807, 2.05) is 6.92 Å². The molecule has 1 heterocycles. The first kappa shape index (κ1) is 16.0. The second-order valence-electron chi connectivity index (χ2n) is 6.14. The van der Waals surface area contributed by atoms with Crippen molar-refractivity contribution in [2.75, 3.05) is 32.7 Å². The normalized spacial score (nSPS) is 17.7. The average molecular weight is 289 g/mol. The van der Waals surface area contributed by atoms with Crippen LogP contribution in [0, 0.1) is 0 Å². The molecule has 1 aromatic rings. The number of carbonyl (C=O) groups excluding carboxylic acids is 1. The van der Waals surface area contributed by atoms with E-state index in [-0.39, 0.29) is 11.9 Å². The lowest BCUT2D eigenvalue weighted by Crippen LogP contribution is -2.47. The number of hydrogen-bond donors (Lipinski definition) is 2. The molecule has 4 heteroatoms. The third kappa shape index (κ3) is 4.83. The molecule has 1 fully saturated rings. The summed E-state index contributed by atoms with van der Waals surface area (Å²) in [7, 11) is 0. The summed E-state index contributed by atoms with van der Waals surface area (Å²) in [4.78, 5) is 14.3. The molecule has 1 aliphatic heterocycles. The van der Waals surface area contributed by atoms with E-state index >= 15 is 0 Å². The SMILES string of the molecule is CC(C)c1ccc(C(C)NC(=O)CN2CCNCC2)cc1. The molecular weight excluding hydrogens is 262 g/mol. The van der Waals surface area contributed by atoms with Gasteiger partial charge in [-0.25, -0.2) is 0 Å². The van der Waals surface area contributed by atoms with Gasteiger partial charge in [-0.15, -0.1) is 0 Å². The van der Waals surface area contributed by atoms with Crippen LogP contribution in [0.3, 0.4) is 0 Å². The largest absolute Gasteiger partial charge is 0.348 e. The molecule has 0 bridgehead atoms. The van der Waals surface area contributed by atoms with Crippen molar-refractivity contribution >= 4 is 5.91 Å². The van der Waals surface area contributed by atoms with Crippen LogP contribution in [-0.4, -0.2) is 43.5 Å². The van der Waals surface area contributed by atoms with Crippen molar-refractivity contribution in [3.63, 3.8) is 0 Å². The molecule has 1 amide bonds. The summed E-state index contributed by atoms with van der Waals surface area (Å²) in [6.45, 7) is 10.8. The van der Waals surface area contributed by atoms with Crippen molar-refractivity contribution in [3.8, 4) is 0 Å². The van der Waals surface area contributed by atoms with Gasteiger partial charge in [-0.1, -0.05) is 38.1 Å². The first-order valence-corrected chi connectivity index (χ1v) is 7.88. The van der Waals surface area contributed by atoms with Crippen molar-refractivity contribution in [1.82, 2.24) is 15.5 Å². The summed E-state index contributed by atoms with van der Waals surface area (Å²) in [5.74, 6) is 0.647. The number of amides is 1. The monoisotopic (exact) mass is 289 g/mol. The van der Waals surface area contributed by atoms with Gasteiger partial charge in [-0.05, 0) is 24.0 Å². The topological polar surface area (TPSA) is 44.4 Å². The van der Waals surface area contributed by atoms with Crippen LogP contribution in [-0.2, 0) is 4.79 Å². The van der Waals surface area contributed by atoms with Gasteiger partial charge in [-0.3, -0.25) is 9.69 Å². The van der Waals surface area contributed by atoms with E-state index in [0.29, 0.717) is 12.5 Å². The molecule has 1 unspecified atom stereocenters. The Morgan fingerprint density at radius 1 is 1.14 bits per heavy atom. The highest BCUT2D eigenvalue weighted by Crippen LogP contribution is 2.18. The lowest BCUT2D eigenvalue weighted by molar-refractivity contribution is -0.123. The van der Waals surface area contributed by atoms with E-state index in [2.05, 4.69) is 53.6 Å². The van der Waals surface area contributed by atoms with Gasteiger partial charge in [-0.2, -0.15) is 0 Å². The van der Waals surface area contributed by atoms with Crippen LogP contribution in [0.4, 0.5) is 0 Å². The summed E-state index contributed by atoms with van der Waals surface area (Å²) in [5.41, 5.74) is 2.49. The predicted octanol–water partition coefficient (Wildman–Crippen LogP) is 1.89. The molecule has 2 N–H and O–H groups in total. The lowest BCUT2D eigenvalue weighted by atomic mass is 9.99. The van der Waals surface area contributed by atoms with Gasteiger partial charge in [0.2, 0.25) is 5.91 Å². The Labute approximate surface area is 127 Å². The Morgan fingerprint density at radius 3 is 2.29 bits per heavy atom. The minimum atomic E-state index is 0.0571. The molecule has 0 radical (unpaired) electrons. The van der Waals surface area contributed by atoms with E-state index in [0.717, 1.165) is 31.7 Å². The van der Waals surface area contributed by atoms with Gasteiger partial charge in [0.05, 0.1) is 12.6 Å². The van der Waals surface area contributed by atoms with Crippen molar-refractivity contribution in [3.05, 3.63) is 35.4 Å². The Kier molecular flexibility index (Phi) is 5.76. The van der Waals surface area contributed by atoms with Gasteiger partial charge in [0.25, 0.3) is 0 Å². The van der Waals surface area contributed by atoms with E-state index < -0.39 is 0 Å². The molecule has 1 aliphatic rings. The first-order chi connectivity index (χ1) is 10.1. The molecule has 4 nitrogen and oxygen atoms in total. The third-order valence-electron chi connectivity index (χ3n) is 4.06. The fourth-order valence-corrected chi connectivity index (χ4v) is 2.61. The molecule has 21 heavy (non-hydrogen) atoms. The maximum absolute atomic E-state index is 12.1. The average Bonchev–Trinajstić information content (AvgIpc) is 2.48. The molecular formula is C17H27N3O. The third-order valence-corrected chi connectivity index (χ3v) is 4.06. The van der Waals surface area contributed by atoms with Crippen LogP contribution in [0.15, 0.2) is 24.3 Å². The molecule has 1 atom stereocenters. The fourth-order valence-electron chi connectivity index (χ4n) is 2.61. The summed E-state index contributed by atoms with van der Waals surface area (Å²) in [6.07, 6.45) is 0. The molecule has 1 saturated heterocycles. The molecule has 1 aromatic carbocycles. The Bertz CT molecular complexity index is 450. The van der Waals surface area contributed by atoms with Gasteiger partial charge in [0.1, 0.15) is 0 Å². The maximum atomic E-state index is 12.1. The number of nitrogens with one attached hydrogen (secondary N) is 2. The fraction of sp³-hybridized carbons (Fsp3) is 0.588. The first-order valence-electron chi connectivity index (χ1n) is 7.88. The van der Waals surface area contributed by atoms with E-state index in [1.54, 1.807) is 0 Å². The standard InChI is InChI=1S/C17H27N3O/c1-13(2)15-4-6-16(7-5-15)14(3)19-17(21)12-20-10-8-18-9-11-20/h4-7,13-14,18H,8-12H2,1-3H3,(H,19,21). The van der Waals surface area contributed by atoms with Crippen LogP contribution in [0.5, 0.6) is 0 Å². The number of rotatable bonds is 5. The molecule has 0 spiro atoms. The molecule has 0 aromatic heterocycles. The lowest BCUT2D eigenvalue weighted by Gasteiger charge is -2.27. The van der Waals surface area contributed by atoms with Gasteiger partial charge in [0, 0.05) is 26.2 Å². The van der Waals surface area contributed by atoms with E-state index in [4.69, 9.17) is 0 Å². The van der Waals surface area contributed by atoms with Crippen molar-refractivity contribution < 1.29 is 4.79 Å². The number of nitrogens with zero attached hydrogens (tertiary/aromatic N) is 1. The summed E-state index contributed by atoms with van der Waals surface area (Å²) in [6, 6.07) is 8.59. The Hall–Kier alpha value is -1.39. The summed E-state index contributed by atoms with van der Waals surface area (Å²) in [5, 5.41) is 6.39. The summed E-state index contributed by atoms with van der Waals surface area (Å²) < 4.78 is 0. The second kappa shape index (κ2) is 7.57. The quantitative estimate of drug-likeness (QED) is 0.870. The van der Waals surface area contributed by atoms with Crippen LogP contribution in [0.2, 0.25) is 0 Å². The van der Waals surface area contributed by atoms with Crippen LogP contribution >= 0.6 is 0 Å². The number of hydrogen-bond acceptors (Lipinski definition) is 3. The smallest absolute Gasteiger partial charge is 0.234 e. The number of carbonyl (C=O) groups is 1. The minimum Gasteiger partial charge on any atom is -0.348 e. The highest BCUT2D eigenvalue weighted by atomic mass is 16.2. The van der Waals surface area contributed by atoms with Gasteiger partial charge in [0.15, 0.2) is 0 Å². The Morgan fingerprint density at radius 2 is 1.71 bits per heavy atom. The van der Waals surface area contributed by atoms with Gasteiger partial charge >= 0.3 is 0 Å².